The average molecular weight is 288 g/mol. The minimum absolute atomic E-state index is 0.558. The fourth-order valence-electron chi connectivity index (χ4n) is 1.80. The number of rotatable bonds is 4. The van der Waals surface area contributed by atoms with Crippen LogP contribution in [0.4, 0.5) is 0 Å². The smallest absolute Gasteiger partial charge is 0.0479 e. The van der Waals surface area contributed by atoms with Crippen molar-refractivity contribution in [2.45, 2.75) is 12.4 Å². The van der Waals surface area contributed by atoms with Gasteiger partial charge in [0, 0.05) is 12.4 Å². The van der Waals surface area contributed by atoms with E-state index < -0.39 is 0 Å². The van der Waals surface area contributed by atoms with Crippen molar-refractivity contribution < 1.29 is 0 Å². The molecule has 0 bridgehead atoms. The predicted molar refractivity (Wildman–Crippen MR) is 89.9 cm³/mol. The lowest BCUT2D eigenvalue weighted by atomic mass is 10.1. The molecule has 0 fully saturated rings. The van der Waals surface area contributed by atoms with Gasteiger partial charge in [0.15, 0.2) is 0 Å². The largest absolute Gasteiger partial charge is 0.305 e. The Morgan fingerprint density at radius 1 is 1.00 bits per heavy atom. The third-order valence-corrected chi connectivity index (χ3v) is 3.05. The van der Waals surface area contributed by atoms with Crippen molar-refractivity contribution in [3.05, 3.63) is 77.9 Å². The third-order valence-electron chi connectivity index (χ3n) is 2.76. The van der Waals surface area contributed by atoms with Crippen LogP contribution in [0.2, 0.25) is 0 Å². The summed E-state index contributed by atoms with van der Waals surface area (Å²) >= 11 is 5.66. The molecular formula is C18H22ClN. The highest BCUT2D eigenvalue weighted by Gasteiger charge is 1.93. The maximum atomic E-state index is 5.66. The molecule has 0 radical (unpaired) electrons. The van der Waals surface area contributed by atoms with Crippen LogP contribution in [0.5, 0.6) is 0 Å². The second-order valence-corrected chi connectivity index (χ2v) is 5.03. The van der Waals surface area contributed by atoms with Crippen LogP contribution < -0.4 is 0 Å². The van der Waals surface area contributed by atoms with Gasteiger partial charge < -0.3 is 4.90 Å². The topological polar surface area (TPSA) is 3.24 Å². The Labute approximate surface area is 127 Å². The first-order valence-electron chi connectivity index (χ1n) is 6.62. The van der Waals surface area contributed by atoms with E-state index in [2.05, 4.69) is 49.8 Å². The zero-order chi connectivity index (χ0) is 14.8. The summed E-state index contributed by atoms with van der Waals surface area (Å²) < 4.78 is 0. The molecule has 0 amide bonds. The van der Waals surface area contributed by atoms with E-state index in [1.807, 2.05) is 36.4 Å². The van der Waals surface area contributed by atoms with Crippen LogP contribution in [0, 0.1) is 0 Å². The van der Waals surface area contributed by atoms with Gasteiger partial charge in [0.05, 0.1) is 0 Å². The summed E-state index contributed by atoms with van der Waals surface area (Å²) in [5.41, 5.74) is 3.63. The number of hydrogen-bond acceptors (Lipinski definition) is 1. The molecule has 0 aromatic heterocycles. The summed E-state index contributed by atoms with van der Waals surface area (Å²) in [6, 6.07) is 18.4. The van der Waals surface area contributed by atoms with Crippen molar-refractivity contribution in [3.63, 3.8) is 0 Å². The molecule has 2 rings (SSSR count). The van der Waals surface area contributed by atoms with Crippen molar-refractivity contribution >= 4 is 17.7 Å². The summed E-state index contributed by atoms with van der Waals surface area (Å²) in [5, 5.41) is 0. The lowest BCUT2D eigenvalue weighted by Gasteiger charge is -2.08. The van der Waals surface area contributed by atoms with Gasteiger partial charge in [0.25, 0.3) is 0 Å². The number of alkyl halides is 1. The molecule has 106 valence electrons. The molecule has 0 N–H and O–H groups in total. The van der Waals surface area contributed by atoms with Gasteiger partial charge >= 0.3 is 0 Å². The molecule has 0 aliphatic heterocycles. The molecule has 0 aliphatic rings. The van der Waals surface area contributed by atoms with Crippen LogP contribution in [-0.2, 0) is 12.4 Å². The first-order chi connectivity index (χ1) is 9.67. The van der Waals surface area contributed by atoms with Gasteiger partial charge in [0.1, 0.15) is 0 Å². The SMILES string of the molecule is C=Cc1ccccc1CCl.CN(C)Cc1ccccc1. The summed E-state index contributed by atoms with van der Waals surface area (Å²) in [7, 11) is 4.15. The first kappa shape index (κ1) is 16.5. The number of nitrogens with zero attached hydrogens (tertiary/aromatic N) is 1. The molecule has 0 aliphatic carbocycles. The Morgan fingerprint density at radius 2 is 1.60 bits per heavy atom. The Bertz CT molecular complexity index is 506. The summed E-state index contributed by atoms with van der Waals surface area (Å²) in [5.74, 6) is 0.558. The van der Waals surface area contributed by atoms with E-state index in [0.717, 1.165) is 17.7 Å². The van der Waals surface area contributed by atoms with Gasteiger partial charge in [0.2, 0.25) is 0 Å². The molecule has 1 nitrogen and oxygen atoms in total. The van der Waals surface area contributed by atoms with E-state index in [9.17, 15) is 0 Å². The zero-order valence-electron chi connectivity index (χ0n) is 12.2. The highest BCUT2D eigenvalue weighted by molar-refractivity contribution is 6.17. The monoisotopic (exact) mass is 287 g/mol. The maximum Gasteiger partial charge on any atom is 0.0479 e. The number of hydrogen-bond donors (Lipinski definition) is 0. The Morgan fingerprint density at radius 3 is 2.10 bits per heavy atom. The Balaban J connectivity index is 0.000000200. The van der Waals surface area contributed by atoms with Crippen molar-refractivity contribution in [2.75, 3.05) is 14.1 Å². The summed E-state index contributed by atoms with van der Waals surface area (Å²) in [4.78, 5) is 2.16. The van der Waals surface area contributed by atoms with Crippen LogP contribution in [0.1, 0.15) is 16.7 Å². The molecule has 0 spiro atoms. The minimum atomic E-state index is 0.558. The number of halogens is 1. The molecule has 0 saturated heterocycles. The van der Waals surface area contributed by atoms with E-state index in [1.165, 1.54) is 5.56 Å². The van der Waals surface area contributed by atoms with E-state index in [-0.39, 0.29) is 0 Å². The van der Waals surface area contributed by atoms with Gasteiger partial charge in [-0.25, -0.2) is 0 Å². The molecule has 20 heavy (non-hydrogen) atoms. The molecule has 0 heterocycles. The van der Waals surface area contributed by atoms with Gasteiger partial charge in [-0.2, -0.15) is 0 Å². The zero-order valence-corrected chi connectivity index (χ0v) is 13.0. The summed E-state index contributed by atoms with van der Waals surface area (Å²) in [6.07, 6.45) is 1.82. The van der Waals surface area contributed by atoms with Crippen LogP contribution in [0.3, 0.4) is 0 Å². The van der Waals surface area contributed by atoms with E-state index in [4.69, 9.17) is 11.6 Å². The van der Waals surface area contributed by atoms with Crippen molar-refractivity contribution in [1.29, 1.82) is 0 Å². The third kappa shape index (κ3) is 6.05. The first-order valence-corrected chi connectivity index (χ1v) is 7.15. The van der Waals surface area contributed by atoms with Crippen LogP contribution in [0.15, 0.2) is 61.2 Å². The lowest BCUT2D eigenvalue weighted by molar-refractivity contribution is 0.402. The van der Waals surface area contributed by atoms with Crippen molar-refractivity contribution in [1.82, 2.24) is 4.90 Å². The summed E-state index contributed by atoms with van der Waals surface area (Å²) in [6.45, 7) is 4.71. The van der Waals surface area contributed by atoms with Crippen LogP contribution in [-0.4, -0.2) is 19.0 Å². The second kappa shape index (κ2) is 9.35. The van der Waals surface area contributed by atoms with E-state index in [0.29, 0.717) is 5.88 Å². The molecular weight excluding hydrogens is 266 g/mol. The molecule has 0 unspecified atom stereocenters. The highest BCUT2D eigenvalue weighted by atomic mass is 35.5. The van der Waals surface area contributed by atoms with Crippen LogP contribution >= 0.6 is 11.6 Å². The van der Waals surface area contributed by atoms with E-state index >= 15 is 0 Å². The normalized spacial score (nSPS) is 9.80. The van der Waals surface area contributed by atoms with Gasteiger partial charge in [-0.05, 0) is 30.8 Å². The molecule has 2 aromatic carbocycles. The van der Waals surface area contributed by atoms with Crippen molar-refractivity contribution in [2.24, 2.45) is 0 Å². The molecule has 2 aromatic rings. The molecule has 2 heteroatoms. The Hall–Kier alpha value is -1.57. The predicted octanol–water partition coefficient (Wildman–Crippen LogP) is 4.82. The van der Waals surface area contributed by atoms with Crippen molar-refractivity contribution in [3.8, 4) is 0 Å². The highest BCUT2D eigenvalue weighted by Crippen LogP contribution is 2.11. The minimum Gasteiger partial charge on any atom is -0.305 e. The van der Waals surface area contributed by atoms with Crippen LogP contribution in [0.25, 0.3) is 6.08 Å². The average Bonchev–Trinajstić information content (AvgIpc) is 2.48. The number of benzene rings is 2. The lowest BCUT2D eigenvalue weighted by Crippen LogP contribution is -2.10. The standard InChI is InChI=1S/C9H9Cl.C9H13N/c1-2-8-5-3-4-6-9(8)7-10;1-10(2)8-9-6-4-3-5-7-9/h2-6H,1,7H2;3-7H,8H2,1-2H3. The fourth-order valence-corrected chi connectivity index (χ4v) is 2.05. The fraction of sp³-hybridized carbons (Fsp3) is 0.222. The van der Waals surface area contributed by atoms with Gasteiger partial charge in [-0.15, -0.1) is 11.6 Å². The molecule has 0 saturated carbocycles. The molecule has 0 atom stereocenters. The Kier molecular flexibility index (Phi) is 7.71. The van der Waals surface area contributed by atoms with Gasteiger partial charge in [-0.3, -0.25) is 0 Å². The van der Waals surface area contributed by atoms with E-state index in [1.54, 1.807) is 0 Å². The second-order valence-electron chi connectivity index (χ2n) is 4.76. The maximum absolute atomic E-state index is 5.66. The quantitative estimate of drug-likeness (QED) is 0.729. The van der Waals surface area contributed by atoms with Gasteiger partial charge in [-0.1, -0.05) is 67.3 Å².